The van der Waals surface area contributed by atoms with Crippen LogP contribution in [-0.2, 0) is 9.53 Å². The van der Waals surface area contributed by atoms with E-state index in [2.05, 4.69) is 15.4 Å². The first-order chi connectivity index (χ1) is 9.90. The van der Waals surface area contributed by atoms with Gasteiger partial charge in [0.1, 0.15) is 5.75 Å². The van der Waals surface area contributed by atoms with E-state index in [1.165, 1.54) is 24.3 Å². The Morgan fingerprint density at radius 2 is 1.86 bits per heavy atom. The first kappa shape index (κ1) is 20.5. The van der Waals surface area contributed by atoms with Gasteiger partial charge < -0.3 is 20.1 Å². The third kappa shape index (κ3) is 9.43. The van der Waals surface area contributed by atoms with Crippen molar-refractivity contribution in [2.24, 2.45) is 0 Å². The van der Waals surface area contributed by atoms with Crippen molar-refractivity contribution in [3.05, 3.63) is 24.3 Å². The summed E-state index contributed by atoms with van der Waals surface area (Å²) < 4.78 is 45.3. The first-order valence-electron chi connectivity index (χ1n) is 6.20. The van der Waals surface area contributed by atoms with Crippen molar-refractivity contribution in [2.45, 2.75) is 6.18 Å². The standard InChI is InChI=1S/C13H17F3N2O3.ClH/c1-20-7-6-17-8-12(19)18-10-2-4-11(5-3-10)21-9-13(14,15)16;/h2-5,17H,6-9H2,1H3,(H,18,19);1H. The number of methoxy groups -OCH3 is 1. The summed E-state index contributed by atoms with van der Waals surface area (Å²) >= 11 is 0. The highest BCUT2D eigenvalue weighted by Crippen LogP contribution is 2.20. The molecule has 1 aromatic rings. The first-order valence-corrected chi connectivity index (χ1v) is 6.20. The molecular formula is C13H18ClF3N2O3. The molecule has 0 radical (unpaired) electrons. The number of benzene rings is 1. The van der Waals surface area contributed by atoms with Gasteiger partial charge in [-0.15, -0.1) is 12.4 Å². The zero-order chi connectivity index (χ0) is 15.7. The number of amides is 1. The minimum atomic E-state index is -4.37. The van der Waals surface area contributed by atoms with Gasteiger partial charge >= 0.3 is 6.18 Å². The van der Waals surface area contributed by atoms with Crippen molar-refractivity contribution in [3.8, 4) is 5.75 Å². The Kier molecular flexibility index (Phi) is 9.55. The second-order valence-electron chi connectivity index (χ2n) is 4.15. The van der Waals surface area contributed by atoms with Crippen LogP contribution in [0.2, 0.25) is 0 Å². The summed E-state index contributed by atoms with van der Waals surface area (Å²) in [5, 5.41) is 5.47. The average Bonchev–Trinajstić information content (AvgIpc) is 2.42. The van der Waals surface area contributed by atoms with Crippen LogP contribution in [0.3, 0.4) is 0 Å². The predicted molar refractivity (Wildman–Crippen MR) is 78.6 cm³/mol. The van der Waals surface area contributed by atoms with Gasteiger partial charge in [-0.2, -0.15) is 13.2 Å². The number of carbonyl (C=O) groups is 1. The van der Waals surface area contributed by atoms with Gasteiger partial charge in [0.05, 0.1) is 13.2 Å². The van der Waals surface area contributed by atoms with Gasteiger partial charge in [-0.3, -0.25) is 4.79 Å². The highest BCUT2D eigenvalue weighted by molar-refractivity contribution is 5.92. The van der Waals surface area contributed by atoms with E-state index >= 15 is 0 Å². The summed E-state index contributed by atoms with van der Waals surface area (Å²) in [6.45, 7) is -0.176. The topological polar surface area (TPSA) is 59.6 Å². The van der Waals surface area contributed by atoms with E-state index in [0.717, 1.165) is 0 Å². The molecule has 0 aliphatic rings. The molecule has 0 spiro atoms. The van der Waals surface area contributed by atoms with Crippen LogP contribution in [-0.4, -0.2) is 45.5 Å². The summed E-state index contributed by atoms with van der Waals surface area (Å²) in [5.74, 6) is -0.168. The Morgan fingerprint density at radius 1 is 1.23 bits per heavy atom. The molecule has 22 heavy (non-hydrogen) atoms. The number of carbonyl (C=O) groups excluding carboxylic acids is 1. The summed E-state index contributed by atoms with van der Waals surface area (Å²) in [6.07, 6.45) is -4.37. The number of ether oxygens (including phenoxy) is 2. The van der Waals surface area contributed by atoms with Crippen LogP contribution in [0.5, 0.6) is 5.75 Å². The van der Waals surface area contributed by atoms with Gasteiger partial charge in [0.15, 0.2) is 6.61 Å². The maximum absolute atomic E-state index is 12.0. The Balaban J connectivity index is 0.00000441. The van der Waals surface area contributed by atoms with E-state index in [0.29, 0.717) is 18.8 Å². The predicted octanol–water partition coefficient (Wildman–Crippen LogP) is 2.22. The molecule has 0 bridgehead atoms. The largest absolute Gasteiger partial charge is 0.484 e. The average molecular weight is 343 g/mol. The third-order valence-corrected chi connectivity index (χ3v) is 2.31. The number of nitrogens with one attached hydrogen (secondary N) is 2. The highest BCUT2D eigenvalue weighted by Gasteiger charge is 2.28. The lowest BCUT2D eigenvalue weighted by atomic mass is 10.3. The van der Waals surface area contributed by atoms with Gasteiger partial charge in [0, 0.05) is 19.3 Å². The molecule has 1 rings (SSSR count). The summed E-state index contributed by atoms with van der Waals surface area (Å²) in [4.78, 5) is 11.5. The van der Waals surface area contributed by atoms with Gasteiger partial charge in [-0.05, 0) is 24.3 Å². The lowest BCUT2D eigenvalue weighted by Crippen LogP contribution is -2.30. The fraction of sp³-hybridized carbons (Fsp3) is 0.462. The van der Waals surface area contributed by atoms with E-state index in [1.54, 1.807) is 7.11 Å². The molecular weight excluding hydrogens is 325 g/mol. The number of alkyl halides is 3. The normalized spacial score (nSPS) is 10.7. The van der Waals surface area contributed by atoms with Crippen molar-refractivity contribution >= 4 is 24.0 Å². The Bertz CT molecular complexity index is 441. The molecule has 0 saturated carbocycles. The van der Waals surface area contributed by atoms with Crippen LogP contribution in [0.15, 0.2) is 24.3 Å². The maximum atomic E-state index is 12.0. The lowest BCUT2D eigenvalue weighted by Gasteiger charge is -2.10. The van der Waals surface area contributed by atoms with E-state index in [4.69, 9.17) is 4.74 Å². The van der Waals surface area contributed by atoms with Gasteiger partial charge in [-0.1, -0.05) is 0 Å². The Morgan fingerprint density at radius 3 is 2.41 bits per heavy atom. The molecule has 0 aromatic heterocycles. The molecule has 0 heterocycles. The molecule has 0 aliphatic heterocycles. The molecule has 1 amide bonds. The van der Waals surface area contributed by atoms with E-state index in [-0.39, 0.29) is 30.6 Å². The monoisotopic (exact) mass is 342 g/mol. The lowest BCUT2D eigenvalue weighted by molar-refractivity contribution is -0.153. The molecule has 0 fully saturated rings. The fourth-order valence-electron chi connectivity index (χ4n) is 1.38. The summed E-state index contributed by atoms with van der Waals surface area (Å²) in [5.41, 5.74) is 0.480. The van der Waals surface area contributed by atoms with E-state index in [9.17, 15) is 18.0 Å². The van der Waals surface area contributed by atoms with E-state index in [1.807, 2.05) is 0 Å². The van der Waals surface area contributed by atoms with Gasteiger partial charge in [0.2, 0.25) is 5.91 Å². The fourth-order valence-corrected chi connectivity index (χ4v) is 1.38. The van der Waals surface area contributed by atoms with Gasteiger partial charge in [-0.25, -0.2) is 0 Å². The zero-order valence-corrected chi connectivity index (χ0v) is 12.7. The zero-order valence-electron chi connectivity index (χ0n) is 11.9. The minimum absolute atomic E-state index is 0. The molecule has 0 atom stereocenters. The van der Waals surface area contributed by atoms with Crippen molar-refractivity contribution in [1.82, 2.24) is 5.32 Å². The summed E-state index contributed by atoms with van der Waals surface area (Å²) in [7, 11) is 1.56. The molecule has 5 nitrogen and oxygen atoms in total. The minimum Gasteiger partial charge on any atom is -0.484 e. The van der Waals surface area contributed by atoms with Crippen molar-refractivity contribution < 1.29 is 27.4 Å². The van der Waals surface area contributed by atoms with Crippen molar-refractivity contribution in [3.63, 3.8) is 0 Å². The highest BCUT2D eigenvalue weighted by atomic mass is 35.5. The second kappa shape index (κ2) is 10.3. The van der Waals surface area contributed by atoms with Crippen LogP contribution in [0, 0.1) is 0 Å². The Labute approximate surface area is 132 Å². The van der Waals surface area contributed by atoms with Crippen LogP contribution in [0.1, 0.15) is 0 Å². The van der Waals surface area contributed by atoms with Crippen molar-refractivity contribution in [2.75, 3.05) is 38.7 Å². The molecule has 0 aliphatic carbocycles. The van der Waals surface area contributed by atoms with Crippen LogP contribution in [0.4, 0.5) is 18.9 Å². The smallest absolute Gasteiger partial charge is 0.422 e. The van der Waals surface area contributed by atoms with Crippen LogP contribution >= 0.6 is 12.4 Å². The van der Waals surface area contributed by atoms with Crippen LogP contribution in [0.25, 0.3) is 0 Å². The number of hydrogen-bond donors (Lipinski definition) is 2. The number of rotatable bonds is 8. The second-order valence-corrected chi connectivity index (χ2v) is 4.15. The number of halogens is 4. The van der Waals surface area contributed by atoms with Gasteiger partial charge in [0.25, 0.3) is 0 Å². The third-order valence-electron chi connectivity index (χ3n) is 2.31. The number of hydrogen-bond acceptors (Lipinski definition) is 4. The molecule has 0 saturated heterocycles. The number of anilines is 1. The Hall–Kier alpha value is -1.51. The SMILES string of the molecule is COCCNCC(=O)Nc1ccc(OCC(F)(F)F)cc1.Cl. The molecule has 2 N–H and O–H groups in total. The maximum Gasteiger partial charge on any atom is 0.422 e. The quantitative estimate of drug-likeness (QED) is 0.711. The summed E-state index contributed by atoms with van der Waals surface area (Å²) in [6, 6.07) is 5.66. The molecule has 126 valence electrons. The van der Waals surface area contributed by atoms with Crippen LogP contribution < -0.4 is 15.4 Å². The van der Waals surface area contributed by atoms with Crippen molar-refractivity contribution in [1.29, 1.82) is 0 Å². The molecule has 1 aromatic carbocycles. The molecule has 9 heteroatoms. The van der Waals surface area contributed by atoms with E-state index < -0.39 is 12.8 Å². The molecule has 0 unspecified atom stereocenters.